The smallest absolute Gasteiger partial charge is 0.243 e. The van der Waals surface area contributed by atoms with Gasteiger partial charge in [0.1, 0.15) is 0 Å². The number of para-hydroxylation sites is 1. The van der Waals surface area contributed by atoms with Crippen LogP contribution in [0.15, 0.2) is 98.0 Å². The lowest BCUT2D eigenvalue weighted by Crippen LogP contribution is -2.43. The van der Waals surface area contributed by atoms with Crippen molar-refractivity contribution in [1.29, 1.82) is 0 Å². The summed E-state index contributed by atoms with van der Waals surface area (Å²) in [6.07, 6.45) is 1.31. The highest BCUT2D eigenvalue weighted by molar-refractivity contribution is 9.10. The fraction of sp³-hybridized carbons (Fsp3) is 0.208. The Morgan fingerprint density at radius 1 is 0.969 bits per heavy atom. The summed E-state index contributed by atoms with van der Waals surface area (Å²) in [5, 5.41) is 3.03. The minimum absolute atomic E-state index is 0.151. The van der Waals surface area contributed by atoms with Gasteiger partial charge in [-0.1, -0.05) is 58.0 Å². The summed E-state index contributed by atoms with van der Waals surface area (Å²) in [6.45, 7) is 0.598. The normalized spacial score (nSPS) is 17.1. The largest absolute Gasteiger partial charge is 0.325 e. The van der Waals surface area contributed by atoms with Gasteiger partial charge in [-0.25, -0.2) is 8.42 Å². The second-order valence-electron chi connectivity index (χ2n) is 7.56. The van der Waals surface area contributed by atoms with Crippen molar-refractivity contribution in [3.05, 3.63) is 83.3 Å². The number of carbonyl (C=O) groups is 1. The number of nitrogens with zero attached hydrogens (tertiary/aromatic N) is 1. The van der Waals surface area contributed by atoms with Crippen molar-refractivity contribution in [1.82, 2.24) is 4.31 Å². The first-order valence-electron chi connectivity index (χ1n) is 10.3. The zero-order chi connectivity index (χ0) is 22.6. The number of amides is 1. The average molecular weight is 531 g/mol. The van der Waals surface area contributed by atoms with E-state index < -0.39 is 15.9 Å². The summed E-state index contributed by atoms with van der Waals surface area (Å²) < 4.78 is 28.4. The molecule has 1 heterocycles. The molecule has 1 aliphatic rings. The lowest BCUT2D eigenvalue weighted by atomic mass is 9.99. The molecule has 1 amide bonds. The van der Waals surface area contributed by atoms with Crippen molar-refractivity contribution in [3.8, 4) is 0 Å². The molecule has 0 spiro atoms. The van der Waals surface area contributed by atoms with Gasteiger partial charge in [0, 0.05) is 27.4 Å². The molecule has 3 aromatic carbocycles. The predicted molar refractivity (Wildman–Crippen MR) is 131 cm³/mol. The van der Waals surface area contributed by atoms with E-state index in [2.05, 4.69) is 21.2 Å². The third-order valence-corrected chi connectivity index (χ3v) is 8.81. The highest BCUT2D eigenvalue weighted by atomic mass is 79.9. The first-order valence-corrected chi connectivity index (χ1v) is 13.4. The number of rotatable bonds is 6. The van der Waals surface area contributed by atoms with E-state index in [4.69, 9.17) is 0 Å². The number of sulfonamides is 1. The van der Waals surface area contributed by atoms with Crippen molar-refractivity contribution >= 4 is 49.3 Å². The Morgan fingerprint density at radius 2 is 1.66 bits per heavy atom. The SMILES string of the molecule is O=C(Nc1ccccc1Sc1ccccc1)[C@H]1CCCN(S(=O)(=O)c2ccc(Br)cc2)C1. The zero-order valence-corrected chi connectivity index (χ0v) is 20.5. The Kier molecular flexibility index (Phi) is 7.35. The molecule has 1 aliphatic heterocycles. The standard InChI is InChI=1S/C24H23BrN2O3S2/c25-19-12-14-21(15-13-19)32(29,30)27-16-6-7-18(17-27)24(28)26-22-10-4-5-11-23(22)31-20-8-2-1-3-9-20/h1-5,8-15,18H,6-7,16-17H2,(H,26,28)/t18-/m0/s1. The van der Waals surface area contributed by atoms with Crippen molar-refractivity contribution in [2.24, 2.45) is 5.92 Å². The van der Waals surface area contributed by atoms with Gasteiger partial charge in [-0.2, -0.15) is 4.31 Å². The fourth-order valence-electron chi connectivity index (χ4n) is 3.64. The first-order chi connectivity index (χ1) is 15.4. The number of anilines is 1. The second-order valence-corrected chi connectivity index (χ2v) is 11.5. The summed E-state index contributed by atoms with van der Waals surface area (Å²) in [5.41, 5.74) is 0.735. The molecule has 8 heteroatoms. The van der Waals surface area contributed by atoms with E-state index in [1.165, 1.54) is 4.31 Å². The monoisotopic (exact) mass is 530 g/mol. The van der Waals surface area contributed by atoms with Gasteiger partial charge < -0.3 is 5.32 Å². The van der Waals surface area contributed by atoms with E-state index in [1.807, 2.05) is 54.6 Å². The third-order valence-electron chi connectivity index (χ3n) is 5.32. The van der Waals surface area contributed by atoms with Gasteiger partial charge in [0.2, 0.25) is 15.9 Å². The summed E-state index contributed by atoms with van der Waals surface area (Å²) in [7, 11) is -3.64. The average Bonchev–Trinajstić information content (AvgIpc) is 2.81. The third kappa shape index (κ3) is 5.43. The van der Waals surface area contributed by atoms with Crippen LogP contribution in [0.2, 0.25) is 0 Å². The number of halogens is 1. The molecule has 1 saturated heterocycles. The number of nitrogens with one attached hydrogen (secondary N) is 1. The van der Waals surface area contributed by atoms with Gasteiger partial charge in [-0.15, -0.1) is 0 Å². The van der Waals surface area contributed by atoms with Gasteiger partial charge >= 0.3 is 0 Å². The van der Waals surface area contributed by atoms with Crippen LogP contribution >= 0.6 is 27.7 Å². The molecule has 0 radical (unpaired) electrons. The number of hydrogen-bond acceptors (Lipinski definition) is 4. The highest BCUT2D eigenvalue weighted by Crippen LogP contribution is 2.34. The molecular weight excluding hydrogens is 508 g/mol. The van der Waals surface area contributed by atoms with E-state index in [0.717, 1.165) is 20.0 Å². The van der Waals surface area contributed by atoms with Gasteiger partial charge in [0.05, 0.1) is 16.5 Å². The van der Waals surface area contributed by atoms with Crippen LogP contribution in [0.1, 0.15) is 12.8 Å². The fourth-order valence-corrected chi connectivity index (χ4v) is 6.35. The van der Waals surface area contributed by atoms with Crippen LogP contribution in [0.5, 0.6) is 0 Å². The lowest BCUT2D eigenvalue weighted by Gasteiger charge is -2.31. The Bertz CT molecular complexity index is 1190. The van der Waals surface area contributed by atoms with Crippen molar-refractivity contribution < 1.29 is 13.2 Å². The molecule has 0 unspecified atom stereocenters. The van der Waals surface area contributed by atoms with E-state index in [1.54, 1.807) is 36.0 Å². The Labute approximate surface area is 201 Å². The van der Waals surface area contributed by atoms with E-state index in [9.17, 15) is 13.2 Å². The van der Waals surface area contributed by atoms with Crippen molar-refractivity contribution in [3.63, 3.8) is 0 Å². The molecule has 3 aromatic rings. The molecule has 0 aliphatic carbocycles. The molecule has 1 atom stereocenters. The zero-order valence-electron chi connectivity index (χ0n) is 17.3. The van der Waals surface area contributed by atoms with Crippen LogP contribution in [-0.4, -0.2) is 31.7 Å². The molecule has 1 N–H and O–H groups in total. The Morgan fingerprint density at radius 3 is 2.41 bits per heavy atom. The maximum Gasteiger partial charge on any atom is 0.243 e. The maximum absolute atomic E-state index is 13.1. The van der Waals surface area contributed by atoms with Gasteiger partial charge in [-0.3, -0.25) is 4.79 Å². The molecule has 5 nitrogen and oxygen atoms in total. The van der Waals surface area contributed by atoms with E-state index >= 15 is 0 Å². The van der Waals surface area contributed by atoms with Crippen LogP contribution in [-0.2, 0) is 14.8 Å². The number of piperidine rings is 1. The van der Waals surface area contributed by atoms with E-state index in [-0.39, 0.29) is 17.3 Å². The van der Waals surface area contributed by atoms with Crippen molar-refractivity contribution in [2.75, 3.05) is 18.4 Å². The minimum Gasteiger partial charge on any atom is -0.325 e. The molecule has 4 rings (SSSR count). The van der Waals surface area contributed by atoms with Crippen LogP contribution < -0.4 is 5.32 Å². The van der Waals surface area contributed by atoms with E-state index in [0.29, 0.717) is 19.4 Å². The van der Waals surface area contributed by atoms with Crippen LogP contribution in [0.4, 0.5) is 5.69 Å². The first kappa shape index (κ1) is 23.0. The molecule has 0 aromatic heterocycles. The van der Waals surface area contributed by atoms with Crippen molar-refractivity contribution in [2.45, 2.75) is 27.5 Å². The van der Waals surface area contributed by atoms with Crippen LogP contribution in [0.3, 0.4) is 0 Å². The summed E-state index contributed by atoms with van der Waals surface area (Å²) in [4.78, 5) is 15.3. The minimum atomic E-state index is -3.64. The molecule has 32 heavy (non-hydrogen) atoms. The quantitative estimate of drug-likeness (QED) is 0.447. The second kappa shape index (κ2) is 10.2. The molecular formula is C24H23BrN2O3S2. The van der Waals surface area contributed by atoms with Crippen LogP contribution in [0.25, 0.3) is 0 Å². The molecule has 166 valence electrons. The predicted octanol–water partition coefficient (Wildman–Crippen LogP) is 5.64. The highest BCUT2D eigenvalue weighted by Gasteiger charge is 2.33. The van der Waals surface area contributed by atoms with Crippen LogP contribution in [0, 0.1) is 5.92 Å². The summed E-state index contributed by atoms with van der Waals surface area (Å²) in [6, 6.07) is 24.2. The summed E-state index contributed by atoms with van der Waals surface area (Å²) in [5.74, 6) is -0.550. The number of hydrogen-bond donors (Lipinski definition) is 1. The maximum atomic E-state index is 13.1. The number of carbonyl (C=O) groups excluding carboxylic acids is 1. The Hall–Kier alpha value is -2.13. The van der Waals surface area contributed by atoms with Gasteiger partial charge in [0.25, 0.3) is 0 Å². The topological polar surface area (TPSA) is 66.5 Å². The molecule has 0 bridgehead atoms. The van der Waals surface area contributed by atoms with Gasteiger partial charge in [0.15, 0.2) is 0 Å². The van der Waals surface area contributed by atoms with Gasteiger partial charge in [-0.05, 0) is 61.4 Å². The molecule has 0 saturated carbocycles. The molecule has 1 fully saturated rings. The Balaban J connectivity index is 1.47. The number of benzene rings is 3. The lowest BCUT2D eigenvalue weighted by molar-refractivity contribution is -0.120. The summed E-state index contributed by atoms with van der Waals surface area (Å²) >= 11 is 4.91.